The molecule has 144 valence electrons. The van der Waals surface area contributed by atoms with Gasteiger partial charge < -0.3 is 4.90 Å². The van der Waals surface area contributed by atoms with Gasteiger partial charge in [0.25, 0.3) is 5.91 Å². The number of aromatic nitrogens is 2. The maximum absolute atomic E-state index is 12.8. The van der Waals surface area contributed by atoms with Gasteiger partial charge in [-0.15, -0.1) is 0 Å². The maximum atomic E-state index is 12.8. The summed E-state index contributed by atoms with van der Waals surface area (Å²) < 4.78 is 1.82. The quantitative estimate of drug-likeness (QED) is 0.664. The van der Waals surface area contributed by atoms with Gasteiger partial charge in [0.05, 0.1) is 18.3 Å². The number of carbonyl (C=O) groups is 1. The van der Waals surface area contributed by atoms with E-state index in [-0.39, 0.29) is 5.91 Å². The molecule has 0 aliphatic carbocycles. The van der Waals surface area contributed by atoms with Crippen LogP contribution in [-0.2, 0) is 13.1 Å². The number of carbonyl (C=O) groups excluding carboxylic acids is 1. The van der Waals surface area contributed by atoms with E-state index in [1.165, 1.54) is 11.1 Å². The largest absolute Gasteiger partial charge is 0.336 e. The average molecular weight is 395 g/mol. The van der Waals surface area contributed by atoms with E-state index < -0.39 is 0 Å². The summed E-state index contributed by atoms with van der Waals surface area (Å²) in [5, 5.41) is 5.12. The fourth-order valence-corrected chi connectivity index (χ4v) is 3.73. The topological polar surface area (TPSA) is 41.4 Å². The van der Waals surface area contributed by atoms with Crippen LogP contribution < -0.4 is 0 Å². The average Bonchev–Trinajstić information content (AvgIpc) is 3.17. The van der Waals surface area contributed by atoms with Gasteiger partial charge >= 0.3 is 0 Å². The highest BCUT2D eigenvalue weighted by Crippen LogP contribution is 2.15. The van der Waals surface area contributed by atoms with E-state index in [1.54, 1.807) is 6.20 Å². The first kappa shape index (κ1) is 18.7. The Balaban J connectivity index is 1.31. The van der Waals surface area contributed by atoms with Crippen molar-refractivity contribution in [2.45, 2.75) is 13.1 Å². The van der Waals surface area contributed by atoms with Gasteiger partial charge in [0.2, 0.25) is 0 Å². The molecule has 3 aromatic rings. The predicted molar refractivity (Wildman–Crippen MR) is 110 cm³/mol. The van der Waals surface area contributed by atoms with Crippen LogP contribution in [0, 0.1) is 0 Å². The second kappa shape index (κ2) is 8.59. The molecule has 6 heteroatoms. The molecule has 1 aliphatic rings. The molecule has 5 nitrogen and oxygen atoms in total. The Bertz CT molecular complexity index is 932. The van der Waals surface area contributed by atoms with Gasteiger partial charge in [-0.1, -0.05) is 54.1 Å². The standard InChI is InChI=1S/C22H23ClN4O/c23-21-8-4-7-19(13-21)15-25-9-11-26(12-10-25)22(28)20-14-24-27(17-20)16-18-5-2-1-3-6-18/h1-8,13-14,17H,9-12,15-16H2. The SMILES string of the molecule is O=C(c1cnn(Cc2ccccc2)c1)N1CCN(Cc2cccc(Cl)c2)CC1. The van der Waals surface area contributed by atoms with Crippen molar-refractivity contribution in [3.63, 3.8) is 0 Å². The smallest absolute Gasteiger partial charge is 0.257 e. The molecular formula is C22H23ClN4O. The summed E-state index contributed by atoms with van der Waals surface area (Å²) in [6.45, 7) is 4.69. The van der Waals surface area contributed by atoms with Crippen LogP contribution in [0.2, 0.25) is 5.02 Å². The van der Waals surface area contributed by atoms with Crippen molar-refractivity contribution in [1.82, 2.24) is 19.6 Å². The van der Waals surface area contributed by atoms with E-state index in [1.807, 2.05) is 52.2 Å². The van der Waals surface area contributed by atoms with Crippen molar-refractivity contribution < 1.29 is 4.79 Å². The van der Waals surface area contributed by atoms with Crippen LogP contribution in [0.5, 0.6) is 0 Å². The number of hydrogen-bond donors (Lipinski definition) is 0. The summed E-state index contributed by atoms with van der Waals surface area (Å²) >= 11 is 6.07. The van der Waals surface area contributed by atoms with E-state index in [4.69, 9.17) is 11.6 Å². The molecule has 0 spiro atoms. The minimum Gasteiger partial charge on any atom is -0.336 e. The molecule has 0 bridgehead atoms. The van der Waals surface area contributed by atoms with E-state index >= 15 is 0 Å². The molecule has 0 unspecified atom stereocenters. The predicted octanol–water partition coefficient (Wildman–Crippen LogP) is 3.54. The zero-order valence-electron chi connectivity index (χ0n) is 15.7. The van der Waals surface area contributed by atoms with E-state index in [0.717, 1.165) is 37.7 Å². The molecule has 1 aromatic heterocycles. The Morgan fingerprint density at radius 3 is 2.43 bits per heavy atom. The van der Waals surface area contributed by atoms with Crippen molar-refractivity contribution in [1.29, 1.82) is 0 Å². The lowest BCUT2D eigenvalue weighted by Gasteiger charge is -2.34. The molecule has 1 aliphatic heterocycles. The third-order valence-corrected chi connectivity index (χ3v) is 5.26. The first-order chi connectivity index (χ1) is 13.7. The normalized spacial score (nSPS) is 15.0. The lowest BCUT2D eigenvalue weighted by atomic mass is 10.2. The first-order valence-corrected chi connectivity index (χ1v) is 9.87. The summed E-state index contributed by atoms with van der Waals surface area (Å²) in [5.41, 5.74) is 3.02. The van der Waals surface area contributed by atoms with Crippen molar-refractivity contribution in [2.24, 2.45) is 0 Å². The lowest BCUT2D eigenvalue weighted by molar-refractivity contribution is 0.0628. The Kier molecular flexibility index (Phi) is 5.74. The number of amides is 1. The van der Waals surface area contributed by atoms with Crippen molar-refractivity contribution in [3.8, 4) is 0 Å². The van der Waals surface area contributed by atoms with Gasteiger partial charge in [0, 0.05) is 43.9 Å². The van der Waals surface area contributed by atoms with Gasteiger partial charge in [0.1, 0.15) is 0 Å². The number of hydrogen-bond acceptors (Lipinski definition) is 3. The zero-order valence-corrected chi connectivity index (χ0v) is 16.4. The molecule has 0 atom stereocenters. The zero-order chi connectivity index (χ0) is 19.3. The van der Waals surface area contributed by atoms with Crippen LogP contribution in [0.3, 0.4) is 0 Å². The Hall–Kier alpha value is -2.63. The minimum atomic E-state index is 0.0571. The van der Waals surface area contributed by atoms with Gasteiger partial charge in [-0.25, -0.2) is 0 Å². The van der Waals surface area contributed by atoms with Crippen LogP contribution in [-0.4, -0.2) is 51.7 Å². The van der Waals surface area contributed by atoms with Gasteiger partial charge in [-0.3, -0.25) is 14.4 Å². The number of halogens is 1. The summed E-state index contributed by atoms with van der Waals surface area (Å²) in [6.07, 6.45) is 3.51. The molecule has 1 amide bonds. The molecule has 1 saturated heterocycles. The maximum Gasteiger partial charge on any atom is 0.257 e. The Morgan fingerprint density at radius 1 is 0.929 bits per heavy atom. The van der Waals surface area contributed by atoms with Crippen molar-refractivity contribution in [2.75, 3.05) is 26.2 Å². The number of piperazine rings is 1. The highest BCUT2D eigenvalue weighted by molar-refractivity contribution is 6.30. The Labute approximate surface area is 170 Å². The lowest BCUT2D eigenvalue weighted by Crippen LogP contribution is -2.48. The molecule has 4 rings (SSSR count). The van der Waals surface area contributed by atoms with Crippen LogP contribution in [0.25, 0.3) is 0 Å². The molecule has 0 saturated carbocycles. The van der Waals surface area contributed by atoms with E-state index in [0.29, 0.717) is 12.1 Å². The fraction of sp³-hybridized carbons (Fsp3) is 0.273. The second-order valence-corrected chi connectivity index (χ2v) is 7.55. The second-order valence-electron chi connectivity index (χ2n) is 7.11. The summed E-state index contributed by atoms with van der Waals surface area (Å²) in [5.74, 6) is 0.0571. The van der Waals surface area contributed by atoms with E-state index in [2.05, 4.69) is 28.2 Å². The van der Waals surface area contributed by atoms with Crippen LogP contribution in [0.15, 0.2) is 67.0 Å². The van der Waals surface area contributed by atoms with Crippen LogP contribution >= 0.6 is 11.6 Å². The molecule has 28 heavy (non-hydrogen) atoms. The van der Waals surface area contributed by atoms with E-state index in [9.17, 15) is 4.79 Å². The summed E-state index contributed by atoms with van der Waals surface area (Å²) in [4.78, 5) is 17.1. The van der Waals surface area contributed by atoms with Gasteiger partial charge in [0.15, 0.2) is 0 Å². The summed E-state index contributed by atoms with van der Waals surface area (Å²) in [6, 6.07) is 18.1. The molecule has 2 heterocycles. The monoisotopic (exact) mass is 394 g/mol. The Morgan fingerprint density at radius 2 is 1.68 bits per heavy atom. The first-order valence-electron chi connectivity index (χ1n) is 9.50. The van der Waals surface area contributed by atoms with Gasteiger partial charge in [-0.2, -0.15) is 5.10 Å². The molecule has 0 radical (unpaired) electrons. The minimum absolute atomic E-state index is 0.0571. The number of benzene rings is 2. The van der Waals surface area contributed by atoms with Crippen LogP contribution in [0.1, 0.15) is 21.5 Å². The highest BCUT2D eigenvalue weighted by atomic mass is 35.5. The van der Waals surface area contributed by atoms with Crippen LogP contribution in [0.4, 0.5) is 0 Å². The molecule has 1 fully saturated rings. The highest BCUT2D eigenvalue weighted by Gasteiger charge is 2.23. The molecular weight excluding hydrogens is 372 g/mol. The van der Waals surface area contributed by atoms with Gasteiger partial charge in [-0.05, 0) is 23.3 Å². The third kappa shape index (κ3) is 4.61. The number of rotatable bonds is 5. The van der Waals surface area contributed by atoms with Crippen molar-refractivity contribution >= 4 is 17.5 Å². The third-order valence-electron chi connectivity index (χ3n) is 5.02. The summed E-state index contributed by atoms with van der Waals surface area (Å²) in [7, 11) is 0. The van der Waals surface area contributed by atoms with Crippen molar-refractivity contribution in [3.05, 3.63) is 88.7 Å². The fourth-order valence-electron chi connectivity index (χ4n) is 3.52. The number of nitrogens with zero attached hydrogens (tertiary/aromatic N) is 4. The molecule has 0 N–H and O–H groups in total. The molecule has 2 aromatic carbocycles.